The van der Waals surface area contributed by atoms with E-state index >= 15 is 0 Å². The lowest BCUT2D eigenvalue weighted by molar-refractivity contribution is -0.129. The zero-order valence-electron chi connectivity index (χ0n) is 14.7. The average Bonchev–Trinajstić information content (AvgIpc) is 3.34. The van der Waals surface area contributed by atoms with Gasteiger partial charge in [0.05, 0.1) is 19.8 Å². The first-order valence-corrected chi connectivity index (χ1v) is 9.58. The van der Waals surface area contributed by atoms with Gasteiger partial charge in [-0.2, -0.15) is 5.10 Å². The number of amides is 1. The molecule has 2 atom stereocenters. The Morgan fingerprint density at radius 3 is 2.80 bits per heavy atom. The molecule has 0 aromatic carbocycles. The third-order valence-corrected chi connectivity index (χ3v) is 5.72. The third-order valence-electron chi connectivity index (χ3n) is 5.72. The van der Waals surface area contributed by atoms with Crippen molar-refractivity contribution in [1.82, 2.24) is 15.1 Å². The second-order valence-corrected chi connectivity index (χ2v) is 7.38. The van der Waals surface area contributed by atoms with Crippen LogP contribution in [0.5, 0.6) is 0 Å². The number of nitrogens with one attached hydrogen (secondary N) is 2. The van der Waals surface area contributed by atoms with Crippen LogP contribution < -0.4 is 5.32 Å². The van der Waals surface area contributed by atoms with Gasteiger partial charge in [0.1, 0.15) is 6.04 Å². The van der Waals surface area contributed by atoms with E-state index in [9.17, 15) is 4.79 Å². The Morgan fingerprint density at radius 1 is 1.16 bits per heavy atom. The molecule has 1 aromatic rings. The highest BCUT2D eigenvalue weighted by molar-refractivity contribution is 5.94. The van der Waals surface area contributed by atoms with E-state index in [1.807, 2.05) is 6.07 Å². The Hall–Kier alpha value is -1.44. The lowest BCUT2D eigenvalue weighted by Crippen LogP contribution is -2.55. The standard InChI is InChI=1S/C18H28N4O3/c23-18(16-12-25-9-7-22(16)14-5-1-2-6-14)19-17-10-15(20-21-17)13-4-3-8-24-11-13/h10,13-14,16H,1-9,11-12H2,(H2,19,20,21,23). The first-order valence-electron chi connectivity index (χ1n) is 9.58. The average molecular weight is 348 g/mol. The molecule has 3 heterocycles. The summed E-state index contributed by atoms with van der Waals surface area (Å²) in [5, 5.41) is 10.3. The summed E-state index contributed by atoms with van der Waals surface area (Å²) in [6.07, 6.45) is 7.09. The van der Waals surface area contributed by atoms with Crippen molar-refractivity contribution in [2.24, 2.45) is 0 Å². The number of aromatic nitrogens is 2. The highest BCUT2D eigenvalue weighted by atomic mass is 16.5. The first kappa shape index (κ1) is 17.0. The molecular formula is C18H28N4O3. The van der Waals surface area contributed by atoms with Crippen molar-refractivity contribution < 1.29 is 14.3 Å². The van der Waals surface area contributed by atoms with Crippen molar-refractivity contribution in [3.8, 4) is 0 Å². The molecule has 25 heavy (non-hydrogen) atoms. The van der Waals surface area contributed by atoms with Crippen LogP contribution in [0.3, 0.4) is 0 Å². The zero-order chi connectivity index (χ0) is 17.1. The second kappa shape index (κ2) is 7.85. The summed E-state index contributed by atoms with van der Waals surface area (Å²) >= 11 is 0. The van der Waals surface area contributed by atoms with Crippen LogP contribution in [0.1, 0.15) is 50.1 Å². The number of H-pyrrole nitrogens is 1. The molecular weight excluding hydrogens is 320 g/mol. The number of rotatable bonds is 4. The monoisotopic (exact) mass is 348 g/mol. The maximum absolute atomic E-state index is 12.8. The number of nitrogens with zero attached hydrogens (tertiary/aromatic N) is 2. The molecule has 2 N–H and O–H groups in total. The summed E-state index contributed by atoms with van der Waals surface area (Å²) in [6.45, 7) is 3.59. The van der Waals surface area contributed by atoms with Gasteiger partial charge in [-0.15, -0.1) is 0 Å². The molecule has 4 rings (SSSR count). The molecule has 138 valence electrons. The summed E-state index contributed by atoms with van der Waals surface area (Å²) < 4.78 is 11.1. The molecule has 3 aliphatic rings. The Kier molecular flexibility index (Phi) is 5.33. The van der Waals surface area contributed by atoms with Gasteiger partial charge in [-0.25, -0.2) is 0 Å². The van der Waals surface area contributed by atoms with Crippen molar-refractivity contribution in [2.45, 2.75) is 56.5 Å². The van der Waals surface area contributed by atoms with Crippen LogP contribution >= 0.6 is 0 Å². The van der Waals surface area contributed by atoms with E-state index < -0.39 is 0 Å². The Labute approximate surface area is 148 Å². The van der Waals surface area contributed by atoms with Crippen molar-refractivity contribution in [1.29, 1.82) is 0 Å². The minimum absolute atomic E-state index is 0.00968. The van der Waals surface area contributed by atoms with Gasteiger partial charge in [-0.3, -0.25) is 14.8 Å². The fourth-order valence-corrected chi connectivity index (χ4v) is 4.32. The van der Waals surface area contributed by atoms with Crippen LogP contribution in [0.25, 0.3) is 0 Å². The molecule has 2 aliphatic heterocycles. The summed E-state index contributed by atoms with van der Waals surface area (Å²) in [5.41, 5.74) is 1.04. The highest BCUT2D eigenvalue weighted by Crippen LogP contribution is 2.28. The maximum Gasteiger partial charge on any atom is 0.245 e. The van der Waals surface area contributed by atoms with Gasteiger partial charge in [0.2, 0.25) is 5.91 Å². The summed E-state index contributed by atoms with van der Waals surface area (Å²) in [6, 6.07) is 2.25. The predicted molar refractivity (Wildman–Crippen MR) is 93.6 cm³/mol. The molecule has 0 bridgehead atoms. The third kappa shape index (κ3) is 3.88. The topological polar surface area (TPSA) is 79.5 Å². The van der Waals surface area contributed by atoms with Gasteiger partial charge in [0.25, 0.3) is 0 Å². The summed E-state index contributed by atoms with van der Waals surface area (Å²) in [5.74, 6) is 0.937. The van der Waals surface area contributed by atoms with E-state index in [1.165, 1.54) is 25.7 Å². The molecule has 2 unspecified atom stereocenters. The van der Waals surface area contributed by atoms with Gasteiger partial charge < -0.3 is 14.8 Å². The molecule has 1 amide bonds. The number of hydrogen-bond donors (Lipinski definition) is 2. The fraction of sp³-hybridized carbons (Fsp3) is 0.778. The Balaban J connectivity index is 1.39. The van der Waals surface area contributed by atoms with Gasteiger partial charge >= 0.3 is 0 Å². The number of anilines is 1. The number of morpholine rings is 1. The van der Waals surface area contributed by atoms with E-state index in [1.54, 1.807) is 0 Å². The quantitative estimate of drug-likeness (QED) is 0.869. The van der Waals surface area contributed by atoms with E-state index in [0.29, 0.717) is 31.0 Å². The Bertz CT molecular complexity index is 579. The minimum Gasteiger partial charge on any atom is -0.381 e. The van der Waals surface area contributed by atoms with Gasteiger partial charge in [0.15, 0.2) is 5.82 Å². The number of aromatic amines is 1. The smallest absolute Gasteiger partial charge is 0.245 e. The number of ether oxygens (including phenoxy) is 2. The predicted octanol–water partition coefficient (Wildman–Crippen LogP) is 1.89. The van der Waals surface area contributed by atoms with E-state index in [2.05, 4.69) is 20.4 Å². The first-order chi connectivity index (χ1) is 12.3. The van der Waals surface area contributed by atoms with Crippen molar-refractivity contribution >= 4 is 11.7 Å². The van der Waals surface area contributed by atoms with Gasteiger partial charge in [-0.1, -0.05) is 12.8 Å². The van der Waals surface area contributed by atoms with E-state index in [0.717, 1.165) is 38.3 Å². The summed E-state index contributed by atoms with van der Waals surface area (Å²) in [4.78, 5) is 15.2. The summed E-state index contributed by atoms with van der Waals surface area (Å²) in [7, 11) is 0. The highest BCUT2D eigenvalue weighted by Gasteiger charge is 2.35. The molecule has 0 spiro atoms. The fourth-order valence-electron chi connectivity index (χ4n) is 4.32. The normalized spacial score (nSPS) is 29.0. The lowest BCUT2D eigenvalue weighted by Gasteiger charge is -2.38. The van der Waals surface area contributed by atoms with Crippen LogP contribution in [0.2, 0.25) is 0 Å². The van der Waals surface area contributed by atoms with E-state index in [4.69, 9.17) is 9.47 Å². The van der Waals surface area contributed by atoms with E-state index in [-0.39, 0.29) is 11.9 Å². The molecule has 0 radical (unpaired) electrons. The molecule has 7 nitrogen and oxygen atoms in total. The van der Waals surface area contributed by atoms with Crippen molar-refractivity contribution in [3.05, 3.63) is 11.8 Å². The molecule has 3 fully saturated rings. The van der Waals surface area contributed by atoms with Crippen LogP contribution in [-0.4, -0.2) is 66.1 Å². The lowest BCUT2D eigenvalue weighted by atomic mass is 9.99. The largest absolute Gasteiger partial charge is 0.381 e. The molecule has 2 saturated heterocycles. The SMILES string of the molecule is O=C(Nc1cc(C2CCCOC2)[nH]n1)C1COCCN1C1CCCC1. The molecule has 1 aromatic heterocycles. The van der Waals surface area contributed by atoms with Crippen LogP contribution in [0.4, 0.5) is 5.82 Å². The molecule has 1 saturated carbocycles. The molecule has 1 aliphatic carbocycles. The van der Waals surface area contributed by atoms with Gasteiger partial charge in [-0.05, 0) is 25.7 Å². The van der Waals surface area contributed by atoms with Gasteiger partial charge in [0, 0.05) is 36.9 Å². The number of carbonyl (C=O) groups excluding carboxylic acids is 1. The molecule has 7 heteroatoms. The Morgan fingerprint density at radius 2 is 2.00 bits per heavy atom. The zero-order valence-corrected chi connectivity index (χ0v) is 14.7. The maximum atomic E-state index is 12.8. The number of carbonyl (C=O) groups is 1. The van der Waals surface area contributed by atoms with Crippen LogP contribution in [-0.2, 0) is 14.3 Å². The van der Waals surface area contributed by atoms with Crippen molar-refractivity contribution in [2.75, 3.05) is 38.3 Å². The van der Waals surface area contributed by atoms with Crippen molar-refractivity contribution in [3.63, 3.8) is 0 Å². The van der Waals surface area contributed by atoms with Crippen LogP contribution in [0.15, 0.2) is 6.07 Å². The van der Waals surface area contributed by atoms with Crippen LogP contribution in [0, 0.1) is 0 Å². The second-order valence-electron chi connectivity index (χ2n) is 7.38. The minimum atomic E-state index is -0.213. The number of hydrogen-bond acceptors (Lipinski definition) is 5.